The van der Waals surface area contributed by atoms with Crippen LogP contribution in [0.5, 0.6) is 5.88 Å². The molecule has 1 aliphatic rings. The van der Waals surface area contributed by atoms with E-state index in [-0.39, 0.29) is 0 Å². The lowest BCUT2D eigenvalue weighted by molar-refractivity contribution is 0.0888. The molecular formula is C17H28N4O3. The first kappa shape index (κ1) is 18.5. The monoisotopic (exact) mass is 336 g/mol. The Hall–Kier alpha value is -1.86. The lowest BCUT2D eigenvalue weighted by Gasteiger charge is -2.13. The molecule has 0 bridgehead atoms. The Kier molecular flexibility index (Phi) is 8.34. The predicted molar refractivity (Wildman–Crippen MR) is 93.4 cm³/mol. The number of rotatable bonds is 9. The van der Waals surface area contributed by atoms with Crippen LogP contribution in [0.1, 0.15) is 18.4 Å². The highest BCUT2D eigenvalue weighted by Gasteiger charge is 2.15. The molecule has 1 unspecified atom stereocenters. The zero-order valence-electron chi connectivity index (χ0n) is 14.6. The smallest absolute Gasteiger partial charge is 0.213 e. The van der Waals surface area contributed by atoms with Crippen molar-refractivity contribution in [1.29, 1.82) is 0 Å². The van der Waals surface area contributed by atoms with Gasteiger partial charge in [0.2, 0.25) is 5.88 Å². The van der Waals surface area contributed by atoms with E-state index in [0.717, 1.165) is 57.3 Å². The van der Waals surface area contributed by atoms with Gasteiger partial charge in [-0.25, -0.2) is 4.98 Å². The van der Waals surface area contributed by atoms with Crippen molar-refractivity contribution < 1.29 is 14.2 Å². The normalized spacial score (nSPS) is 17.8. The fraction of sp³-hybridized carbons (Fsp3) is 0.647. The van der Waals surface area contributed by atoms with E-state index in [1.165, 1.54) is 0 Å². The first-order valence-corrected chi connectivity index (χ1v) is 8.40. The van der Waals surface area contributed by atoms with Gasteiger partial charge in [0.1, 0.15) is 0 Å². The summed E-state index contributed by atoms with van der Waals surface area (Å²) in [4.78, 5) is 8.31. The largest absolute Gasteiger partial charge is 0.481 e. The average molecular weight is 336 g/mol. The summed E-state index contributed by atoms with van der Waals surface area (Å²) in [5.41, 5.74) is 1.09. The molecule has 0 saturated carbocycles. The highest BCUT2D eigenvalue weighted by molar-refractivity contribution is 5.79. The van der Waals surface area contributed by atoms with E-state index < -0.39 is 0 Å². The predicted octanol–water partition coefficient (Wildman–Crippen LogP) is 1.20. The second-order valence-electron chi connectivity index (χ2n) is 5.72. The fourth-order valence-corrected chi connectivity index (χ4v) is 2.42. The van der Waals surface area contributed by atoms with Gasteiger partial charge >= 0.3 is 0 Å². The number of hydrogen-bond donors (Lipinski definition) is 2. The van der Waals surface area contributed by atoms with Crippen molar-refractivity contribution in [2.45, 2.75) is 19.4 Å². The van der Waals surface area contributed by atoms with E-state index in [1.807, 2.05) is 12.1 Å². The van der Waals surface area contributed by atoms with Gasteiger partial charge in [0.25, 0.3) is 0 Å². The minimum atomic E-state index is 0.574. The fourth-order valence-electron chi connectivity index (χ4n) is 2.42. The van der Waals surface area contributed by atoms with Gasteiger partial charge in [-0.2, -0.15) is 0 Å². The molecule has 1 aliphatic heterocycles. The molecule has 0 amide bonds. The summed E-state index contributed by atoms with van der Waals surface area (Å²) in [5.74, 6) is 1.96. The van der Waals surface area contributed by atoms with Crippen molar-refractivity contribution in [2.24, 2.45) is 10.9 Å². The topological polar surface area (TPSA) is 77.0 Å². The van der Waals surface area contributed by atoms with Crippen molar-refractivity contribution >= 4 is 5.96 Å². The van der Waals surface area contributed by atoms with Crippen LogP contribution in [0.2, 0.25) is 0 Å². The Labute approximate surface area is 143 Å². The van der Waals surface area contributed by atoms with Gasteiger partial charge in [0.05, 0.1) is 20.3 Å². The number of aromatic nitrogens is 1. The van der Waals surface area contributed by atoms with Crippen LogP contribution in [0.3, 0.4) is 0 Å². The third kappa shape index (κ3) is 6.72. The van der Waals surface area contributed by atoms with Crippen molar-refractivity contribution in [1.82, 2.24) is 15.6 Å². The molecule has 7 nitrogen and oxygen atoms in total. The number of methoxy groups -OCH3 is 1. The summed E-state index contributed by atoms with van der Waals surface area (Å²) in [6.07, 6.45) is 3.80. The number of ether oxygens (including phenoxy) is 3. The Morgan fingerprint density at radius 2 is 2.38 bits per heavy atom. The van der Waals surface area contributed by atoms with Crippen LogP contribution >= 0.6 is 0 Å². The van der Waals surface area contributed by atoms with E-state index >= 15 is 0 Å². The molecular weight excluding hydrogens is 308 g/mol. The summed E-state index contributed by atoms with van der Waals surface area (Å²) in [6, 6.07) is 3.85. The van der Waals surface area contributed by atoms with Gasteiger partial charge in [-0.1, -0.05) is 0 Å². The van der Waals surface area contributed by atoms with Gasteiger partial charge in [-0.05, 0) is 24.5 Å². The zero-order valence-corrected chi connectivity index (χ0v) is 14.6. The number of aliphatic imine (C=N–C) groups is 1. The first-order chi connectivity index (χ1) is 11.8. The van der Waals surface area contributed by atoms with E-state index in [0.29, 0.717) is 18.3 Å². The van der Waals surface area contributed by atoms with Crippen LogP contribution in [0.15, 0.2) is 23.3 Å². The molecule has 2 heterocycles. The number of guanidine groups is 1. The molecule has 134 valence electrons. The van der Waals surface area contributed by atoms with E-state index in [2.05, 4.69) is 20.6 Å². The Balaban J connectivity index is 1.56. The maximum atomic E-state index is 5.69. The summed E-state index contributed by atoms with van der Waals surface area (Å²) < 4.78 is 16.1. The first-order valence-electron chi connectivity index (χ1n) is 8.40. The lowest BCUT2D eigenvalue weighted by atomic mass is 10.1. The highest BCUT2D eigenvalue weighted by Crippen LogP contribution is 2.12. The molecule has 24 heavy (non-hydrogen) atoms. The van der Waals surface area contributed by atoms with Gasteiger partial charge in [0, 0.05) is 51.5 Å². The number of hydrogen-bond acceptors (Lipinski definition) is 5. The quantitative estimate of drug-likeness (QED) is 0.401. The standard InChI is InChI=1S/C17H28N4O3/c1-18-17(21-11-14-4-7-19-16(10-14)22-2)20-6-3-8-23-12-15-5-9-24-13-15/h4,7,10,15H,3,5-6,8-9,11-13H2,1-2H3,(H2,18,20,21). The lowest BCUT2D eigenvalue weighted by Crippen LogP contribution is -2.37. The van der Waals surface area contributed by atoms with E-state index in [4.69, 9.17) is 14.2 Å². The van der Waals surface area contributed by atoms with Crippen LogP contribution in [-0.2, 0) is 16.0 Å². The second kappa shape index (κ2) is 10.8. The number of pyridine rings is 1. The number of nitrogens with one attached hydrogen (secondary N) is 2. The third-order valence-electron chi connectivity index (χ3n) is 3.83. The van der Waals surface area contributed by atoms with Gasteiger partial charge in [0.15, 0.2) is 5.96 Å². The molecule has 2 N–H and O–H groups in total. The molecule has 2 rings (SSSR count). The van der Waals surface area contributed by atoms with Crippen molar-refractivity contribution in [3.8, 4) is 5.88 Å². The van der Waals surface area contributed by atoms with Gasteiger partial charge in [-0.3, -0.25) is 4.99 Å². The minimum Gasteiger partial charge on any atom is -0.481 e. The Morgan fingerprint density at radius 1 is 1.46 bits per heavy atom. The molecule has 0 aromatic carbocycles. The van der Waals surface area contributed by atoms with Gasteiger partial charge in [-0.15, -0.1) is 0 Å². The SMILES string of the molecule is CN=C(NCCCOCC1CCOC1)NCc1ccnc(OC)c1. The minimum absolute atomic E-state index is 0.574. The summed E-state index contributed by atoms with van der Waals surface area (Å²) in [6.45, 7) is 4.76. The maximum absolute atomic E-state index is 5.69. The van der Waals surface area contributed by atoms with Crippen molar-refractivity contribution in [2.75, 3.05) is 47.1 Å². The summed E-state index contributed by atoms with van der Waals surface area (Å²) >= 11 is 0. The zero-order chi connectivity index (χ0) is 17.0. The van der Waals surface area contributed by atoms with Crippen LogP contribution in [0, 0.1) is 5.92 Å². The van der Waals surface area contributed by atoms with Crippen LogP contribution < -0.4 is 15.4 Å². The maximum Gasteiger partial charge on any atom is 0.213 e. The Morgan fingerprint density at radius 3 is 3.12 bits per heavy atom. The molecule has 1 aromatic rings. The van der Waals surface area contributed by atoms with E-state index in [1.54, 1.807) is 20.4 Å². The molecule has 7 heteroatoms. The molecule has 0 aliphatic carbocycles. The van der Waals surface area contributed by atoms with Crippen LogP contribution in [0.4, 0.5) is 0 Å². The van der Waals surface area contributed by atoms with Crippen molar-refractivity contribution in [3.63, 3.8) is 0 Å². The molecule has 1 fully saturated rings. The molecule has 0 spiro atoms. The molecule has 1 aromatic heterocycles. The van der Waals surface area contributed by atoms with Crippen molar-refractivity contribution in [3.05, 3.63) is 23.9 Å². The Bertz CT molecular complexity index is 504. The second-order valence-corrected chi connectivity index (χ2v) is 5.72. The summed E-state index contributed by atoms with van der Waals surface area (Å²) in [7, 11) is 3.38. The number of nitrogens with zero attached hydrogens (tertiary/aromatic N) is 2. The highest BCUT2D eigenvalue weighted by atomic mass is 16.5. The summed E-state index contributed by atoms with van der Waals surface area (Å²) in [5, 5.41) is 6.55. The molecule has 1 atom stereocenters. The van der Waals surface area contributed by atoms with Crippen LogP contribution in [-0.4, -0.2) is 58.1 Å². The average Bonchev–Trinajstić information content (AvgIpc) is 3.14. The van der Waals surface area contributed by atoms with E-state index in [9.17, 15) is 0 Å². The molecule has 0 radical (unpaired) electrons. The molecule has 1 saturated heterocycles. The third-order valence-corrected chi connectivity index (χ3v) is 3.83. The van der Waals surface area contributed by atoms with Crippen LogP contribution in [0.25, 0.3) is 0 Å². The van der Waals surface area contributed by atoms with Gasteiger partial charge < -0.3 is 24.8 Å².